The number of ether oxygens (including phenoxy) is 1. The maximum absolute atomic E-state index is 13.5. The van der Waals surface area contributed by atoms with Crippen LogP contribution in [0.15, 0.2) is 69.9 Å². The summed E-state index contributed by atoms with van der Waals surface area (Å²) in [5.41, 5.74) is 0.709. The molecule has 3 amide bonds. The first kappa shape index (κ1) is 22.9. The first-order valence-corrected chi connectivity index (χ1v) is 11.6. The molecule has 2 saturated heterocycles. The second-order valence-corrected chi connectivity index (χ2v) is 8.88. The summed E-state index contributed by atoms with van der Waals surface area (Å²) < 4.78 is 16.8. The highest BCUT2D eigenvalue weighted by atomic mass is 16.5. The topological polar surface area (TPSA) is 105 Å². The fourth-order valence-corrected chi connectivity index (χ4v) is 4.73. The van der Waals surface area contributed by atoms with E-state index in [0.717, 1.165) is 5.56 Å². The highest BCUT2D eigenvalue weighted by Crippen LogP contribution is 2.39. The van der Waals surface area contributed by atoms with Crippen LogP contribution >= 0.6 is 0 Å². The van der Waals surface area contributed by atoms with E-state index in [1.54, 1.807) is 29.2 Å². The van der Waals surface area contributed by atoms with Crippen LogP contribution in [0.4, 0.5) is 0 Å². The Hall–Kier alpha value is -3.85. The average molecular weight is 478 g/mol. The van der Waals surface area contributed by atoms with E-state index in [1.807, 2.05) is 31.2 Å². The molecule has 0 aliphatic carbocycles. The lowest BCUT2D eigenvalue weighted by Gasteiger charge is -2.44. The maximum atomic E-state index is 13.5. The summed E-state index contributed by atoms with van der Waals surface area (Å²) in [6.07, 6.45) is 3.73. The predicted octanol–water partition coefficient (Wildman–Crippen LogP) is 2.97. The van der Waals surface area contributed by atoms with E-state index >= 15 is 0 Å². The Balaban J connectivity index is 1.33. The zero-order chi connectivity index (χ0) is 24.4. The largest absolute Gasteiger partial charge is 0.467 e. The summed E-state index contributed by atoms with van der Waals surface area (Å²) in [7, 11) is 0. The molecule has 2 aliphatic rings. The number of carbonyl (C=O) groups is 3. The summed E-state index contributed by atoms with van der Waals surface area (Å²) >= 11 is 0. The molecule has 0 saturated carbocycles. The molecule has 2 aromatic heterocycles. The van der Waals surface area contributed by atoms with Crippen LogP contribution in [0, 0.1) is 6.92 Å². The molecule has 0 radical (unpaired) electrons. The van der Waals surface area contributed by atoms with E-state index in [9.17, 15) is 14.4 Å². The minimum atomic E-state index is -0.999. The van der Waals surface area contributed by atoms with Crippen LogP contribution in [-0.2, 0) is 16.1 Å². The number of carbonyl (C=O) groups excluding carboxylic acids is 3. The number of aryl methyl sites for hydroxylation is 1. The van der Waals surface area contributed by atoms with Gasteiger partial charge in [0.2, 0.25) is 5.91 Å². The number of benzene rings is 1. The van der Waals surface area contributed by atoms with Gasteiger partial charge in [0.05, 0.1) is 25.7 Å². The molecular formula is C26H27N3O6. The fourth-order valence-electron chi connectivity index (χ4n) is 4.73. The van der Waals surface area contributed by atoms with Gasteiger partial charge in [-0.15, -0.1) is 0 Å². The van der Waals surface area contributed by atoms with Crippen LogP contribution in [0.2, 0.25) is 0 Å². The highest BCUT2D eigenvalue weighted by molar-refractivity contribution is 5.97. The number of hydrogen-bond donors (Lipinski definition) is 1. The van der Waals surface area contributed by atoms with Crippen molar-refractivity contribution in [3.05, 3.63) is 83.7 Å². The van der Waals surface area contributed by atoms with Gasteiger partial charge in [-0.1, -0.05) is 17.7 Å². The SMILES string of the molecule is Cc1ccc(C(=O)N2CCC3(CC2)OCC(C(=O)NCc2ccco2)N3C(=O)c2ccco2)cc1. The number of nitrogens with zero attached hydrogens (tertiary/aromatic N) is 2. The Morgan fingerprint density at radius 1 is 0.971 bits per heavy atom. The van der Waals surface area contributed by atoms with Crippen LogP contribution in [0.1, 0.15) is 45.1 Å². The van der Waals surface area contributed by atoms with Crippen molar-refractivity contribution in [3.63, 3.8) is 0 Å². The molecule has 4 heterocycles. The summed E-state index contributed by atoms with van der Waals surface area (Å²) in [6.45, 7) is 3.03. The van der Waals surface area contributed by atoms with Crippen molar-refractivity contribution in [2.75, 3.05) is 19.7 Å². The number of rotatable bonds is 5. The number of furan rings is 2. The van der Waals surface area contributed by atoms with Gasteiger partial charge in [0.25, 0.3) is 11.8 Å². The van der Waals surface area contributed by atoms with Gasteiger partial charge in [-0.2, -0.15) is 0 Å². The third kappa shape index (κ3) is 4.46. The number of nitrogens with one attached hydrogen (secondary N) is 1. The van der Waals surface area contributed by atoms with Crippen LogP contribution in [-0.4, -0.2) is 59.0 Å². The molecule has 1 aromatic carbocycles. The van der Waals surface area contributed by atoms with Gasteiger partial charge >= 0.3 is 0 Å². The molecule has 2 fully saturated rings. The Kier molecular flexibility index (Phi) is 6.17. The van der Waals surface area contributed by atoms with Crippen molar-refractivity contribution in [1.82, 2.24) is 15.1 Å². The maximum Gasteiger partial charge on any atom is 0.292 e. The Morgan fingerprint density at radius 2 is 1.69 bits per heavy atom. The molecule has 1 spiro atoms. The summed E-state index contributed by atoms with van der Waals surface area (Å²) in [6, 6.07) is 13.3. The van der Waals surface area contributed by atoms with Crippen molar-refractivity contribution >= 4 is 17.7 Å². The minimum Gasteiger partial charge on any atom is -0.467 e. The van der Waals surface area contributed by atoms with E-state index in [4.69, 9.17) is 13.6 Å². The molecule has 5 rings (SSSR count). The lowest BCUT2D eigenvalue weighted by atomic mass is 9.96. The van der Waals surface area contributed by atoms with Gasteiger partial charge in [0, 0.05) is 31.5 Å². The van der Waals surface area contributed by atoms with E-state index in [2.05, 4.69) is 5.32 Å². The van der Waals surface area contributed by atoms with E-state index < -0.39 is 17.7 Å². The molecule has 1 atom stereocenters. The van der Waals surface area contributed by atoms with Crippen molar-refractivity contribution in [2.45, 2.75) is 38.1 Å². The molecule has 35 heavy (non-hydrogen) atoms. The van der Waals surface area contributed by atoms with Gasteiger partial charge in [-0.05, 0) is 43.3 Å². The van der Waals surface area contributed by atoms with E-state index in [-0.39, 0.29) is 30.7 Å². The van der Waals surface area contributed by atoms with Crippen LogP contribution in [0.5, 0.6) is 0 Å². The lowest BCUT2D eigenvalue weighted by molar-refractivity contribution is -0.128. The van der Waals surface area contributed by atoms with E-state index in [1.165, 1.54) is 17.4 Å². The number of hydrogen-bond acceptors (Lipinski definition) is 6. The quantitative estimate of drug-likeness (QED) is 0.606. The molecule has 3 aromatic rings. The number of amides is 3. The van der Waals surface area contributed by atoms with Gasteiger partial charge in [0.15, 0.2) is 5.76 Å². The zero-order valence-corrected chi connectivity index (χ0v) is 19.4. The smallest absolute Gasteiger partial charge is 0.292 e. The number of piperidine rings is 1. The van der Waals surface area contributed by atoms with Crippen LogP contribution < -0.4 is 5.32 Å². The van der Waals surface area contributed by atoms with Gasteiger partial charge in [-0.25, -0.2) is 0 Å². The fraction of sp³-hybridized carbons (Fsp3) is 0.346. The molecule has 182 valence electrons. The highest BCUT2D eigenvalue weighted by Gasteiger charge is 2.54. The van der Waals surface area contributed by atoms with Crippen molar-refractivity contribution in [1.29, 1.82) is 0 Å². The number of likely N-dealkylation sites (tertiary alicyclic amines) is 1. The second-order valence-electron chi connectivity index (χ2n) is 8.88. The average Bonchev–Trinajstić information content (AvgIpc) is 3.65. The molecule has 1 unspecified atom stereocenters. The molecule has 9 nitrogen and oxygen atoms in total. The monoisotopic (exact) mass is 477 g/mol. The molecule has 9 heteroatoms. The molecule has 0 bridgehead atoms. The summed E-state index contributed by atoms with van der Waals surface area (Å²) in [5, 5.41) is 2.83. The van der Waals surface area contributed by atoms with Gasteiger partial charge in [-0.3, -0.25) is 19.3 Å². The van der Waals surface area contributed by atoms with Gasteiger partial charge < -0.3 is 23.8 Å². The third-order valence-electron chi connectivity index (χ3n) is 6.66. The first-order valence-electron chi connectivity index (χ1n) is 11.6. The second kappa shape index (κ2) is 9.42. The minimum absolute atomic E-state index is 0.0579. The van der Waals surface area contributed by atoms with E-state index in [0.29, 0.717) is 37.3 Å². The Bertz CT molecular complexity index is 1180. The Morgan fingerprint density at radius 3 is 2.34 bits per heavy atom. The molecule has 1 N–H and O–H groups in total. The first-order chi connectivity index (χ1) is 17.0. The van der Waals surface area contributed by atoms with Crippen molar-refractivity contribution < 1.29 is 28.0 Å². The molecule has 2 aliphatic heterocycles. The normalized spacial score (nSPS) is 19.2. The standard InChI is InChI=1S/C26H27N3O6/c1-18-6-8-19(9-7-18)24(31)28-12-10-26(11-13-28)29(25(32)22-5-3-15-34-22)21(17-35-26)23(30)27-16-20-4-2-14-33-20/h2-9,14-15,21H,10-13,16-17H2,1H3,(H,27,30). The zero-order valence-electron chi connectivity index (χ0n) is 19.4. The van der Waals surface area contributed by atoms with Crippen molar-refractivity contribution in [3.8, 4) is 0 Å². The summed E-state index contributed by atoms with van der Waals surface area (Å²) in [4.78, 5) is 42.8. The van der Waals surface area contributed by atoms with Crippen LogP contribution in [0.25, 0.3) is 0 Å². The lowest BCUT2D eigenvalue weighted by Crippen LogP contribution is -2.59. The summed E-state index contributed by atoms with van der Waals surface area (Å²) in [5.74, 6) is -0.0644. The third-order valence-corrected chi connectivity index (χ3v) is 6.66. The Labute approximate surface area is 202 Å². The van der Waals surface area contributed by atoms with Gasteiger partial charge in [0.1, 0.15) is 17.5 Å². The predicted molar refractivity (Wildman–Crippen MR) is 124 cm³/mol. The van der Waals surface area contributed by atoms with Crippen molar-refractivity contribution in [2.24, 2.45) is 0 Å². The molecular weight excluding hydrogens is 450 g/mol. The van der Waals surface area contributed by atoms with Crippen LogP contribution in [0.3, 0.4) is 0 Å².